The molecule has 1 aromatic carbocycles. The first-order valence-electron chi connectivity index (χ1n) is 9.37. The van der Waals surface area contributed by atoms with E-state index in [0.717, 1.165) is 25.7 Å². The number of phenolic OH excluding ortho intramolecular Hbond substituents is 2. The van der Waals surface area contributed by atoms with Crippen molar-refractivity contribution in [2.24, 2.45) is 0 Å². The first kappa shape index (κ1) is 22.6. The van der Waals surface area contributed by atoms with Gasteiger partial charge in [0.1, 0.15) is 5.75 Å². The van der Waals surface area contributed by atoms with Crippen LogP contribution in [0.25, 0.3) is 0 Å². The Morgan fingerprint density at radius 3 is 2.11 bits per heavy atom. The SMILES string of the molecule is CC(=O)Oc1cc(O)c(O)c(CC=C(C)CCC=C(C)CCC=C(C)C)c1. The van der Waals surface area contributed by atoms with Crippen molar-refractivity contribution in [3.8, 4) is 17.2 Å². The number of carbonyl (C=O) groups excluding carboxylic acids is 1. The van der Waals surface area contributed by atoms with Gasteiger partial charge in [-0.15, -0.1) is 0 Å². The van der Waals surface area contributed by atoms with Gasteiger partial charge in [-0.25, -0.2) is 0 Å². The summed E-state index contributed by atoms with van der Waals surface area (Å²) in [6, 6.07) is 2.81. The fourth-order valence-corrected chi connectivity index (χ4v) is 2.65. The maximum atomic E-state index is 11.1. The van der Waals surface area contributed by atoms with Crippen LogP contribution in [0.5, 0.6) is 17.2 Å². The smallest absolute Gasteiger partial charge is 0.308 e. The Labute approximate surface area is 162 Å². The Bertz CT molecular complexity index is 735. The number of hydrogen-bond donors (Lipinski definition) is 2. The van der Waals surface area contributed by atoms with Crippen molar-refractivity contribution in [1.82, 2.24) is 0 Å². The molecule has 0 fully saturated rings. The lowest BCUT2D eigenvalue weighted by atomic mass is 10.0. The molecular formula is C23H32O4. The summed E-state index contributed by atoms with van der Waals surface area (Å²) in [6.45, 7) is 9.75. The largest absolute Gasteiger partial charge is 0.504 e. The summed E-state index contributed by atoms with van der Waals surface area (Å²) in [4.78, 5) is 11.1. The van der Waals surface area contributed by atoms with Crippen molar-refractivity contribution in [3.05, 3.63) is 52.6 Å². The third-order valence-corrected chi connectivity index (χ3v) is 4.20. The van der Waals surface area contributed by atoms with Crippen molar-refractivity contribution < 1.29 is 19.7 Å². The van der Waals surface area contributed by atoms with Gasteiger partial charge in [0, 0.05) is 18.6 Å². The second-order valence-electron chi connectivity index (χ2n) is 7.21. The van der Waals surface area contributed by atoms with Crippen molar-refractivity contribution >= 4 is 5.97 Å². The molecule has 1 aromatic rings. The van der Waals surface area contributed by atoms with Crippen LogP contribution in [0.3, 0.4) is 0 Å². The molecule has 1 rings (SSSR count). The summed E-state index contributed by atoms with van der Waals surface area (Å²) >= 11 is 0. The predicted octanol–water partition coefficient (Wildman–Crippen LogP) is 5.98. The number of ether oxygens (including phenoxy) is 1. The van der Waals surface area contributed by atoms with Crippen molar-refractivity contribution in [1.29, 1.82) is 0 Å². The summed E-state index contributed by atoms with van der Waals surface area (Å²) in [7, 11) is 0. The lowest BCUT2D eigenvalue weighted by molar-refractivity contribution is -0.131. The lowest BCUT2D eigenvalue weighted by Crippen LogP contribution is -2.01. The van der Waals surface area contributed by atoms with Gasteiger partial charge in [0.2, 0.25) is 0 Å². The van der Waals surface area contributed by atoms with E-state index in [1.54, 1.807) is 6.07 Å². The molecule has 4 heteroatoms. The second kappa shape index (κ2) is 11.3. The average molecular weight is 373 g/mol. The molecule has 0 bridgehead atoms. The Hall–Kier alpha value is -2.49. The number of benzene rings is 1. The van der Waals surface area contributed by atoms with Gasteiger partial charge in [-0.3, -0.25) is 4.79 Å². The molecule has 4 nitrogen and oxygen atoms in total. The van der Waals surface area contributed by atoms with E-state index in [9.17, 15) is 15.0 Å². The van der Waals surface area contributed by atoms with E-state index < -0.39 is 5.97 Å². The number of esters is 1. The molecule has 2 N–H and O–H groups in total. The number of rotatable bonds is 9. The highest BCUT2D eigenvalue weighted by atomic mass is 16.5. The Balaban J connectivity index is 2.62. The van der Waals surface area contributed by atoms with Crippen molar-refractivity contribution in [2.45, 2.75) is 66.7 Å². The number of aromatic hydroxyl groups is 2. The summed E-state index contributed by atoms with van der Waals surface area (Å²) in [5.41, 5.74) is 4.49. The highest BCUT2D eigenvalue weighted by Gasteiger charge is 2.10. The number of hydrogen-bond acceptors (Lipinski definition) is 4. The number of carbonyl (C=O) groups is 1. The van der Waals surface area contributed by atoms with Crippen LogP contribution < -0.4 is 4.74 Å². The lowest BCUT2D eigenvalue weighted by Gasteiger charge is -2.09. The van der Waals surface area contributed by atoms with Crippen LogP contribution in [0.2, 0.25) is 0 Å². The van der Waals surface area contributed by atoms with Crippen LogP contribution in [0, 0.1) is 0 Å². The van der Waals surface area contributed by atoms with E-state index in [4.69, 9.17) is 4.74 Å². The molecule has 0 unspecified atom stereocenters. The van der Waals surface area contributed by atoms with Crippen LogP contribution in [0.4, 0.5) is 0 Å². The van der Waals surface area contributed by atoms with Gasteiger partial charge in [-0.1, -0.05) is 34.9 Å². The maximum Gasteiger partial charge on any atom is 0.308 e. The molecule has 0 saturated heterocycles. The zero-order valence-corrected chi connectivity index (χ0v) is 17.1. The van der Waals surface area contributed by atoms with Gasteiger partial charge in [-0.05, 0) is 65.9 Å². The fourth-order valence-electron chi connectivity index (χ4n) is 2.65. The molecule has 0 aliphatic heterocycles. The van der Waals surface area contributed by atoms with Crippen LogP contribution in [0.1, 0.15) is 65.9 Å². The Morgan fingerprint density at radius 2 is 1.52 bits per heavy atom. The van der Waals surface area contributed by atoms with E-state index >= 15 is 0 Å². The Kier molecular flexibility index (Phi) is 9.41. The van der Waals surface area contributed by atoms with Crippen LogP contribution in [0.15, 0.2) is 47.1 Å². The van der Waals surface area contributed by atoms with Gasteiger partial charge < -0.3 is 14.9 Å². The zero-order valence-electron chi connectivity index (χ0n) is 17.1. The summed E-state index contributed by atoms with van der Waals surface area (Å²) < 4.78 is 4.99. The van der Waals surface area contributed by atoms with Gasteiger partial charge in [-0.2, -0.15) is 0 Å². The van der Waals surface area contributed by atoms with Gasteiger partial charge in [0.05, 0.1) is 0 Å². The van der Waals surface area contributed by atoms with E-state index in [-0.39, 0.29) is 17.2 Å². The fraction of sp³-hybridized carbons (Fsp3) is 0.435. The molecule has 0 heterocycles. The first-order chi connectivity index (χ1) is 12.7. The highest BCUT2D eigenvalue weighted by molar-refractivity contribution is 5.70. The maximum absolute atomic E-state index is 11.1. The molecule has 27 heavy (non-hydrogen) atoms. The molecule has 0 atom stereocenters. The highest BCUT2D eigenvalue weighted by Crippen LogP contribution is 2.34. The topological polar surface area (TPSA) is 66.8 Å². The van der Waals surface area contributed by atoms with E-state index in [2.05, 4.69) is 39.8 Å². The standard InChI is InChI=1S/C23H32O4/c1-16(2)8-6-9-17(3)10-7-11-18(4)12-13-20-14-21(27-19(5)24)15-22(25)23(20)26/h8,10,12,14-15,25-26H,6-7,9,11,13H2,1-5H3. The minimum absolute atomic E-state index is 0.176. The molecule has 0 aliphatic rings. The van der Waals surface area contributed by atoms with Gasteiger partial charge in [0.25, 0.3) is 0 Å². The molecule has 0 spiro atoms. The van der Waals surface area contributed by atoms with E-state index in [1.165, 1.54) is 29.7 Å². The molecule has 0 aliphatic carbocycles. The first-order valence-corrected chi connectivity index (χ1v) is 9.37. The predicted molar refractivity (Wildman–Crippen MR) is 110 cm³/mol. The third-order valence-electron chi connectivity index (χ3n) is 4.20. The average Bonchev–Trinajstić information content (AvgIpc) is 2.55. The summed E-state index contributed by atoms with van der Waals surface area (Å²) in [6.07, 6.45) is 11.1. The van der Waals surface area contributed by atoms with E-state index in [1.807, 2.05) is 6.08 Å². The second-order valence-corrected chi connectivity index (χ2v) is 7.21. The zero-order chi connectivity index (χ0) is 20.4. The van der Waals surface area contributed by atoms with Crippen molar-refractivity contribution in [3.63, 3.8) is 0 Å². The number of allylic oxidation sites excluding steroid dienone is 6. The normalized spacial score (nSPS) is 12.0. The minimum Gasteiger partial charge on any atom is -0.504 e. The Morgan fingerprint density at radius 1 is 0.926 bits per heavy atom. The van der Waals surface area contributed by atoms with Crippen LogP contribution in [-0.4, -0.2) is 16.2 Å². The van der Waals surface area contributed by atoms with Crippen LogP contribution in [-0.2, 0) is 11.2 Å². The molecule has 0 radical (unpaired) electrons. The molecule has 0 saturated carbocycles. The minimum atomic E-state index is -0.468. The molecule has 148 valence electrons. The van der Waals surface area contributed by atoms with E-state index in [0.29, 0.717) is 12.0 Å². The van der Waals surface area contributed by atoms with Crippen LogP contribution >= 0.6 is 0 Å². The monoisotopic (exact) mass is 372 g/mol. The summed E-state index contributed by atoms with van der Waals surface area (Å²) in [5, 5.41) is 19.8. The molecular weight excluding hydrogens is 340 g/mol. The molecule has 0 amide bonds. The summed E-state index contributed by atoms with van der Waals surface area (Å²) in [5.74, 6) is -0.701. The third kappa shape index (κ3) is 9.13. The molecule has 0 aromatic heterocycles. The number of phenols is 2. The quantitative estimate of drug-likeness (QED) is 0.242. The van der Waals surface area contributed by atoms with Gasteiger partial charge >= 0.3 is 5.97 Å². The van der Waals surface area contributed by atoms with Crippen molar-refractivity contribution in [2.75, 3.05) is 0 Å². The van der Waals surface area contributed by atoms with Gasteiger partial charge in [0.15, 0.2) is 11.5 Å².